The molecule has 0 radical (unpaired) electrons. The Morgan fingerprint density at radius 1 is 1.37 bits per heavy atom. The van der Waals surface area contributed by atoms with E-state index in [0.717, 1.165) is 36.3 Å². The lowest BCUT2D eigenvalue weighted by molar-refractivity contribution is 0.499. The molecule has 0 amide bonds. The van der Waals surface area contributed by atoms with Gasteiger partial charge in [-0.25, -0.2) is 4.39 Å². The van der Waals surface area contributed by atoms with E-state index >= 15 is 0 Å². The van der Waals surface area contributed by atoms with Gasteiger partial charge in [-0.05, 0) is 30.7 Å². The maximum absolute atomic E-state index is 13.4. The molecule has 2 heterocycles. The van der Waals surface area contributed by atoms with Crippen LogP contribution in [0.15, 0.2) is 35.2 Å². The van der Waals surface area contributed by atoms with Gasteiger partial charge in [-0.3, -0.25) is 4.98 Å². The van der Waals surface area contributed by atoms with Crippen LogP contribution in [0.25, 0.3) is 0 Å². The van der Waals surface area contributed by atoms with Crippen LogP contribution in [0.4, 0.5) is 4.39 Å². The third-order valence-electron chi connectivity index (χ3n) is 3.07. The summed E-state index contributed by atoms with van der Waals surface area (Å²) in [5, 5.41) is 3.42. The molecule has 0 saturated carbocycles. The minimum atomic E-state index is -0.317. The average molecular weight is 262 g/mol. The second-order valence-corrected chi connectivity index (χ2v) is 4.48. The molecule has 0 spiro atoms. The fourth-order valence-electron chi connectivity index (χ4n) is 2.18. The number of halogens is 1. The van der Waals surface area contributed by atoms with Crippen LogP contribution in [-0.4, -0.2) is 11.5 Å². The Kier molecular flexibility index (Phi) is 4.68. The van der Waals surface area contributed by atoms with Gasteiger partial charge in [0.2, 0.25) is 0 Å². The van der Waals surface area contributed by atoms with Crippen LogP contribution in [0.5, 0.6) is 0 Å². The Balaban J connectivity index is 2.35. The van der Waals surface area contributed by atoms with Gasteiger partial charge in [-0.2, -0.15) is 0 Å². The number of nitrogens with zero attached hydrogens (tertiary/aromatic N) is 1. The van der Waals surface area contributed by atoms with Crippen molar-refractivity contribution in [1.82, 2.24) is 10.3 Å². The molecule has 4 heteroatoms. The van der Waals surface area contributed by atoms with Gasteiger partial charge in [0.1, 0.15) is 11.6 Å². The van der Waals surface area contributed by atoms with E-state index in [4.69, 9.17) is 4.42 Å². The highest BCUT2D eigenvalue weighted by Gasteiger charge is 2.19. The van der Waals surface area contributed by atoms with Crippen molar-refractivity contribution in [3.63, 3.8) is 0 Å². The second kappa shape index (κ2) is 6.48. The van der Waals surface area contributed by atoms with Crippen LogP contribution in [0.2, 0.25) is 0 Å². The van der Waals surface area contributed by atoms with E-state index in [2.05, 4.69) is 17.2 Å². The molecule has 0 aliphatic carbocycles. The molecule has 0 aromatic carbocycles. The van der Waals surface area contributed by atoms with E-state index in [1.54, 1.807) is 12.5 Å². The molecule has 1 unspecified atom stereocenters. The van der Waals surface area contributed by atoms with E-state index in [1.165, 1.54) is 12.3 Å². The summed E-state index contributed by atoms with van der Waals surface area (Å²) >= 11 is 0. The quantitative estimate of drug-likeness (QED) is 0.866. The molecule has 0 aliphatic rings. The molecule has 2 rings (SSSR count). The van der Waals surface area contributed by atoms with Crippen molar-refractivity contribution in [3.8, 4) is 0 Å². The first-order valence-electron chi connectivity index (χ1n) is 6.66. The van der Waals surface area contributed by atoms with Gasteiger partial charge in [0, 0.05) is 18.2 Å². The van der Waals surface area contributed by atoms with Gasteiger partial charge >= 0.3 is 0 Å². The van der Waals surface area contributed by atoms with Gasteiger partial charge in [-0.1, -0.05) is 13.8 Å². The van der Waals surface area contributed by atoms with Crippen LogP contribution in [-0.2, 0) is 6.42 Å². The van der Waals surface area contributed by atoms with Crippen molar-refractivity contribution >= 4 is 0 Å². The van der Waals surface area contributed by atoms with Crippen LogP contribution < -0.4 is 5.32 Å². The average Bonchev–Trinajstić information content (AvgIpc) is 2.88. The monoisotopic (exact) mass is 262 g/mol. The molecule has 1 N–H and O–H groups in total. The Labute approximate surface area is 112 Å². The first-order chi connectivity index (χ1) is 9.26. The van der Waals surface area contributed by atoms with E-state index in [-0.39, 0.29) is 11.9 Å². The van der Waals surface area contributed by atoms with E-state index in [1.807, 2.05) is 13.0 Å². The molecule has 2 aromatic rings. The number of hydrogen-bond donors (Lipinski definition) is 1. The van der Waals surface area contributed by atoms with Crippen molar-refractivity contribution in [2.24, 2.45) is 0 Å². The largest absolute Gasteiger partial charge is 0.469 e. The molecule has 2 aromatic heterocycles. The molecule has 0 bridgehead atoms. The molecule has 0 saturated heterocycles. The van der Waals surface area contributed by atoms with Gasteiger partial charge in [0.15, 0.2) is 0 Å². The summed E-state index contributed by atoms with van der Waals surface area (Å²) in [7, 11) is 0. The summed E-state index contributed by atoms with van der Waals surface area (Å²) in [5.41, 5.74) is 1.88. The summed E-state index contributed by atoms with van der Waals surface area (Å²) in [6.45, 7) is 5.00. The van der Waals surface area contributed by atoms with Crippen molar-refractivity contribution in [2.75, 3.05) is 6.54 Å². The fraction of sp³-hybridized carbons (Fsp3) is 0.400. The predicted molar refractivity (Wildman–Crippen MR) is 72.4 cm³/mol. The number of pyridine rings is 1. The molecular weight excluding hydrogens is 243 g/mol. The van der Waals surface area contributed by atoms with Crippen molar-refractivity contribution < 1.29 is 8.81 Å². The Hall–Kier alpha value is -1.68. The molecule has 1 atom stereocenters. The molecule has 0 aliphatic heterocycles. The predicted octanol–water partition coefficient (Wildman–Crippen LogP) is 3.47. The Morgan fingerprint density at radius 3 is 2.89 bits per heavy atom. The lowest BCUT2D eigenvalue weighted by atomic mass is 9.99. The number of hydrogen-bond acceptors (Lipinski definition) is 3. The minimum Gasteiger partial charge on any atom is -0.469 e. The maximum atomic E-state index is 13.4. The fourth-order valence-corrected chi connectivity index (χ4v) is 2.18. The van der Waals surface area contributed by atoms with E-state index < -0.39 is 0 Å². The normalized spacial score (nSPS) is 12.6. The lowest BCUT2D eigenvalue weighted by Crippen LogP contribution is -2.24. The topological polar surface area (TPSA) is 38.1 Å². The summed E-state index contributed by atoms with van der Waals surface area (Å²) in [5.74, 6) is 0.611. The number of nitrogens with one attached hydrogen (secondary N) is 1. The third-order valence-corrected chi connectivity index (χ3v) is 3.07. The van der Waals surface area contributed by atoms with Gasteiger partial charge in [0.25, 0.3) is 0 Å². The van der Waals surface area contributed by atoms with E-state index in [9.17, 15) is 4.39 Å². The molecule has 3 nitrogen and oxygen atoms in total. The number of aromatic nitrogens is 1. The Morgan fingerprint density at radius 2 is 2.21 bits per heavy atom. The number of aryl methyl sites for hydroxylation is 1. The smallest absolute Gasteiger partial charge is 0.141 e. The minimum absolute atomic E-state index is 0.0724. The number of furan rings is 1. The number of rotatable bonds is 6. The summed E-state index contributed by atoms with van der Waals surface area (Å²) in [6, 6.07) is 3.39. The Bertz CT molecular complexity index is 524. The van der Waals surface area contributed by atoms with Crippen molar-refractivity contribution in [1.29, 1.82) is 0 Å². The molecular formula is C15H19FN2O. The van der Waals surface area contributed by atoms with E-state index in [0.29, 0.717) is 0 Å². The molecule has 19 heavy (non-hydrogen) atoms. The van der Waals surface area contributed by atoms with Crippen LogP contribution >= 0.6 is 0 Å². The van der Waals surface area contributed by atoms with Gasteiger partial charge in [0.05, 0.1) is 18.5 Å². The summed E-state index contributed by atoms with van der Waals surface area (Å²) in [6.07, 6.45) is 6.43. The van der Waals surface area contributed by atoms with Crippen molar-refractivity contribution in [3.05, 3.63) is 53.5 Å². The highest BCUT2D eigenvalue weighted by Crippen LogP contribution is 2.26. The van der Waals surface area contributed by atoms with Crippen molar-refractivity contribution in [2.45, 2.75) is 32.7 Å². The zero-order chi connectivity index (χ0) is 13.7. The first kappa shape index (κ1) is 13.7. The maximum Gasteiger partial charge on any atom is 0.141 e. The summed E-state index contributed by atoms with van der Waals surface area (Å²) in [4.78, 5) is 3.93. The second-order valence-electron chi connectivity index (χ2n) is 4.48. The SMILES string of the molecule is CCCNC(c1cncc(F)c1)c1ccoc1CC. The van der Waals surface area contributed by atoms with Crippen LogP contribution in [0.3, 0.4) is 0 Å². The van der Waals surface area contributed by atoms with Crippen LogP contribution in [0, 0.1) is 5.82 Å². The zero-order valence-corrected chi connectivity index (χ0v) is 11.3. The standard InChI is InChI=1S/C15H19FN2O/c1-3-6-18-15(11-8-12(16)10-17-9-11)13-5-7-19-14(13)4-2/h5,7-10,15,18H,3-4,6H2,1-2H3. The zero-order valence-electron chi connectivity index (χ0n) is 11.3. The highest BCUT2D eigenvalue weighted by atomic mass is 19.1. The van der Waals surface area contributed by atoms with Gasteiger partial charge < -0.3 is 9.73 Å². The third kappa shape index (κ3) is 3.20. The lowest BCUT2D eigenvalue weighted by Gasteiger charge is -2.18. The highest BCUT2D eigenvalue weighted by molar-refractivity contribution is 5.32. The molecule has 102 valence electrons. The molecule has 0 fully saturated rings. The van der Waals surface area contributed by atoms with Crippen LogP contribution in [0.1, 0.15) is 43.2 Å². The first-order valence-corrected chi connectivity index (χ1v) is 6.66. The summed E-state index contributed by atoms with van der Waals surface area (Å²) < 4.78 is 18.8. The van der Waals surface area contributed by atoms with Gasteiger partial charge in [-0.15, -0.1) is 0 Å².